The minimum atomic E-state index is -0.212. The summed E-state index contributed by atoms with van der Waals surface area (Å²) in [4.78, 5) is 0. The Balaban J connectivity index is 1.94. The first kappa shape index (κ1) is 11.0. The van der Waals surface area contributed by atoms with Gasteiger partial charge in [0, 0.05) is 18.8 Å². The molecule has 0 saturated carbocycles. The van der Waals surface area contributed by atoms with Gasteiger partial charge in [0.25, 0.3) is 0 Å². The predicted molar refractivity (Wildman–Crippen MR) is 52.7 cm³/mol. The highest BCUT2D eigenvalue weighted by Gasteiger charge is 2.16. The molecular weight excluding hydrogens is 166 g/mol. The van der Waals surface area contributed by atoms with E-state index in [1.54, 1.807) is 0 Å². The molecule has 1 aliphatic heterocycles. The van der Waals surface area contributed by atoms with E-state index in [0.717, 1.165) is 19.6 Å². The number of nitrogens with two attached hydrogens (primary N) is 1. The predicted octanol–water partition coefficient (Wildman–Crippen LogP) is 1.31. The van der Waals surface area contributed by atoms with Crippen molar-refractivity contribution < 1.29 is 9.47 Å². The second kappa shape index (κ2) is 4.94. The average Bonchev–Trinajstić information content (AvgIpc) is 2.48. The highest BCUT2D eigenvalue weighted by atomic mass is 16.5. The monoisotopic (exact) mass is 187 g/mol. The maximum Gasteiger partial charge on any atom is 0.0640 e. The zero-order valence-electron chi connectivity index (χ0n) is 8.71. The van der Waals surface area contributed by atoms with Crippen LogP contribution in [0.15, 0.2) is 0 Å². The van der Waals surface area contributed by atoms with E-state index in [0.29, 0.717) is 12.7 Å². The van der Waals surface area contributed by atoms with Gasteiger partial charge in [-0.15, -0.1) is 0 Å². The van der Waals surface area contributed by atoms with E-state index >= 15 is 0 Å². The molecule has 0 bridgehead atoms. The molecule has 1 heterocycles. The van der Waals surface area contributed by atoms with Gasteiger partial charge in [-0.1, -0.05) is 0 Å². The molecule has 0 radical (unpaired) electrons. The summed E-state index contributed by atoms with van der Waals surface area (Å²) in [5, 5.41) is 0. The van der Waals surface area contributed by atoms with Crippen molar-refractivity contribution in [2.75, 3.05) is 19.8 Å². The first-order valence-corrected chi connectivity index (χ1v) is 5.06. The zero-order valence-corrected chi connectivity index (χ0v) is 8.71. The van der Waals surface area contributed by atoms with Crippen LogP contribution < -0.4 is 5.73 Å². The van der Waals surface area contributed by atoms with Gasteiger partial charge in [0.15, 0.2) is 0 Å². The lowest BCUT2D eigenvalue weighted by Crippen LogP contribution is -2.37. The molecule has 0 spiro atoms. The Morgan fingerprint density at radius 1 is 1.54 bits per heavy atom. The topological polar surface area (TPSA) is 44.5 Å². The lowest BCUT2D eigenvalue weighted by Gasteiger charge is -2.18. The van der Waals surface area contributed by atoms with Gasteiger partial charge in [0.05, 0.1) is 12.7 Å². The largest absolute Gasteiger partial charge is 0.379 e. The molecule has 2 N–H and O–H groups in total. The quantitative estimate of drug-likeness (QED) is 0.660. The number of hydrogen-bond acceptors (Lipinski definition) is 3. The molecule has 1 fully saturated rings. The van der Waals surface area contributed by atoms with Crippen molar-refractivity contribution in [2.45, 2.75) is 44.8 Å². The highest BCUT2D eigenvalue weighted by molar-refractivity contribution is 4.70. The third-order valence-electron chi connectivity index (χ3n) is 2.08. The van der Waals surface area contributed by atoms with Crippen LogP contribution in [0.3, 0.4) is 0 Å². The van der Waals surface area contributed by atoms with E-state index in [2.05, 4.69) is 0 Å². The summed E-state index contributed by atoms with van der Waals surface area (Å²) in [5.41, 5.74) is 5.56. The average molecular weight is 187 g/mol. The number of ether oxygens (including phenoxy) is 2. The molecule has 3 heteroatoms. The third-order valence-corrected chi connectivity index (χ3v) is 2.08. The van der Waals surface area contributed by atoms with Crippen molar-refractivity contribution >= 4 is 0 Å². The van der Waals surface area contributed by atoms with Crippen LogP contribution in [0.4, 0.5) is 0 Å². The van der Waals surface area contributed by atoms with E-state index in [4.69, 9.17) is 15.2 Å². The summed E-state index contributed by atoms with van der Waals surface area (Å²) in [7, 11) is 0. The Morgan fingerprint density at radius 3 is 2.85 bits per heavy atom. The molecule has 0 aromatic carbocycles. The van der Waals surface area contributed by atoms with Gasteiger partial charge >= 0.3 is 0 Å². The minimum absolute atomic E-state index is 0.212. The smallest absolute Gasteiger partial charge is 0.0640 e. The Bertz CT molecular complexity index is 136. The summed E-state index contributed by atoms with van der Waals surface area (Å²) in [5.74, 6) is 0. The van der Waals surface area contributed by atoms with Gasteiger partial charge in [0.1, 0.15) is 0 Å². The summed E-state index contributed by atoms with van der Waals surface area (Å²) in [6.45, 7) is 6.26. The van der Waals surface area contributed by atoms with E-state index in [1.165, 1.54) is 12.8 Å². The second-order valence-corrected chi connectivity index (χ2v) is 4.46. The molecule has 1 saturated heterocycles. The van der Waals surface area contributed by atoms with Crippen LogP contribution in [0.25, 0.3) is 0 Å². The van der Waals surface area contributed by atoms with Crippen LogP contribution in [0, 0.1) is 0 Å². The van der Waals surface area contributed by atoms with Gasteiger partial charge < -0.3 is 15.2 Å². The molecule has 13 heavy (non-hydrogen) atoms. The fourth-order valence-corrected chi connectivity index (χ4v) is 1.42. The molecule has 1 rings (SSSR count). The molecular formula is C10H21NO2. The Labute approximate surface area is 80.6 Å². The first-order chi connectivity index (χ1) is 6.08. The van der Waals surface area contributed by atoms with Gasteiger partial charge in [0.2, 0.25) is 0 Å². The van der Waals surface area contributed by atoms with Crippen molar-refractivity contribution in [2.24, 2.45) is 5.73 Å². The Hall–Kier alpha value is -0.120. The lowest BCUT2D eigenvalue weighted by atomic mass is 10.1. The second-order valence-electron chi connectivity index (χ2n) is 4.46. The first-order valence-electron chi connectivity index (χ1n) is 5.06. The van der Waals surface area contributed by atoms with Crippen LogP contribution in [0.5, 0.6) is 0 Å². The van der Waals surface area contributed by atoms with Crippen LogP contribution in [0.2, 0.25) is 0 Å². The van der Waals surface area contributed by atoms with E-state index in [-0.39, 0.29) is 5.54 Å². The fraction of sp³-hybridized carbons (Fsp3) is 1.00. The molecule has 78 valence electrons. The third kappa shape index (κ3) is 5.24. The molecule has 1 unspecified atom stereocenters. The van der Waals surface area contributed by atoms with Gasteiger partial charge in [-0.05, 0) is 33.1 Å². The normalized spacial score (nSPS) is 23.8. The molecule has 1 atom stereocenters. The van der Waals surface area contributed by atoms with Crippen LogP contribution in [0.1, 0.15) is 33.1 Å². The minimum Gasteiger partial charge on any atom is -0.379 e. The Kier molecular flexibility index (Phi) is 4.16. The SMILES string of the molecule is CC(C)(N)COCCC1CCCO1. The summed E-state index contributed by atoms with van der Waals surface area (Å²) in [6.07, 6.45) is 3.83. The highest BCUT2D eigenvalue weighted by Crippen LogP contribution is 2.15. The van der Waals surface area contributed by atoms with E-state index in [1.807, 2.05) is 13.8 Å². The maximum absolute atomic E-state index is 5.77. The summed E-state index contributed by atoms with van der Waals surface area (Å²) in [6, 6.07) is 0. The molecule has 0 amide bonds. The standard InChI is InChI=1S/C10H21NO2/c1-10(2,11)8-12-7-5-9-4-3-6-13-9/h9H,3-8,11H2,1-2H3. The van der Waals surface area contributed by atoms with Crippen molar-refractivity contribution in [1.29, 1.82) is 0 Å². The van der Waals surface area contributed by atoms with Gasteiger partial charge in [-0.3, -0.25) is 0 Å². The van der Waals surface area contributed by atoms with E-state index < -0.39 is 0 Å². The van der Waals surface area contributed by atoms with Gasteiger partial charge in [-0.25, -0.2) is 0 Å². The van der Waals surface area contributed by atoms with Crippen molar-refractivity contribution in [3.63, 3.8) is 0 Å². The van der Waals surface area contributed by atoms with Crippen molar-refractivity contribution in [3.05, 3.63) is 0 Å². The summed E-state index contributed by atoms with van der Waals surface area (Å²) < 4.78 is 10.9. The molecule has 3 nitrogen and oxygen atoms in total. The van der Waals surface area contributed by atoms with Crippen LogP contribution in [-0.4, -0.2) is 31.5 Å². The van der Waals surface area contributed by atoms with Crippen LogP contribution >= 0.6 is 0 Å². The molecule has 0 aromatic heterocycles. The zero-order chi connectivity index (χ0) is 9.73. The van der Waals surface area contributed by atoms with Crippen LogP contribution in [-0.2, 0) is 9.47 Å². The van der Waals surface area contributed by atoms with Crippen molar-refractivity contribution in [1.82, 2.24) is 0 Å². The Morgan fingerprint density at radius 2 is 2.31 bits per heavy atom. The molecule has 1 aliphatic rings. The lowest BCUT2D eigenvalue weighted by molar-refractivity contribution is 0.0461. The molecule has 0 aliphatic carbocycles. The summed E-state index contributed by atoms with van der Waals surface area (Å²) >= 11 is 0. The maximum atomic E-state index is 5.77. The number of rotatable bonds is 5. The number of hydrogen-bond donors (Lipinski definition) is 1. The van der Waals surface area contributed by atoms with Crippen molar-refractivity contribution in [3.8, 4) is 0 Å². The van der Waals surface area contributed by atoms with E-state index in [9.17, 15) is 0 Å². The van der Waals surface area contributed by atoms with Gasteiger partial charge in [-0.2, -0.15) is 0 Å². The molecule has 0 aromatic rings. The fourth-order valence-electron chi connectivity index (χ4n) is 1.42.